The molecule has 1 atom stereocenters. The van der Waals surface area contributed by atoms with Gasteiger partial charge in [0.15, 0.2) is 5.69 Å². The average molecular weight is 159 g/mol. The van der Waals surface area contributed by atoms with E-state index in [2.05, 4.69) is 18.7 Å². The maximum atomic E-state index is 6.98. The van der Waals surface area contributed by atoms with Gasteiger partial charge in [-0.15, -0.1) is 0 Å². The van der Waals surface area contributed by atoms with E-state index in [1.165, 1.54) is 5.56 Å². The quantitative estimate of drug-likeness (QED) is 0.579. The van der Waals surface area contributed by atoms with Crippen molar-refractivity contribution in [3.05, 3.63) is 41.2 Å². The highest BCUT2D eigenvalue weighted by Gasteiger charge is 2.06. The Morgan fingerprint density at radius 1 is 1.42 bits per heavy atom. The van der Waals surface area contributed by atoms with Crippen LogP contribution in [0, 0.1) is 6.57 Å². The highest BCUT2D eigenvalue weighted by atomic mass is 14.6. The van der Waals surface area contributed by atoms with Gasteiger partial charge in [0, 0.05) is 0 Å². The third kappa shape index (κ3) is 1.65. The first-order valence-electron chi connectivity index (χ1n) is 4.26. The highest BCUT2D eigenvalue weighted by molar-refractivity contribution is 5.53. The van der Waals surface area contributed by atoms with E-state index in [0.29, 0.717) is 5.92 Å². The second-order valence-electron chi connectivity index (χ2n) is 2.98. The molecule has 1 rings (SSSR count). The van der Waals surface area contributed by atoms with Gasteiger partial charge in [-0.2, -0.15) is 0 Å². The van der Waals surface area contributed by atoms with Crippen LogP contribution in [0.2, 0.25) is 0 Å². The normalized spacial score (nSPS) is 12.1. The molecule has 0 radical (unpaired) electrons. The minimum Gasteiger partial charge on any atom is -0.238 e. The fourth-order valence-corrected chi connectivity index (χ4v) is 1.23. The molecular weight excluding hydrogens is 146 g/mol. The molecule has 12 heavy (non-hydrogen) atoms. The minimum absolute atomic E-state index is 0.496. The summed E-state index contributed by atoms with van der Waals surface area (Å²) in [5.41, 5.74) is 1.97. The van der Waals surface area contributed by atoms with E-state index in [1.54, 1.807) is 0 Å². The highest BCUT2D eigenvalue weighted by Crippen LogP contribution is 2.28. The summed E-state index contributed by atoms with van der Waals surface area (Å²) in [4.78, 5) is 3.49. The molecule has 0 aliphatic rings. The lowest BCUT2D eigenvalue weighted by molar-refractivity contribution is 0.736. The lowest BCUT2D eigenvalue weighted by Crippen LogP contribution is -1.90. The number of benzene rings is 1. The van der Waals surface area contributed by atoms with Crippen molar-refractivity contribution < 1.29 is 0 Å². The van der Waals surface area contributed by atoms with Crippen LogP contribution in [0.1, 0.15) is 31.7 Å². The van der Waals surface area contributed by atoms with Crippen LogP contribution in [0.5, 0.6) is 0 Å². The molecular formula is C11H13N. The van der Waals surface area contributed by atoms with Crippen LogP contribution in [0.3, 0.4) is 0 Å². The van der Waals surface area contributed by atoms with E-state index >= 15 is 0 Å². The van der Waals surface area contributed by atoms with Gasteiger partial charge in [0.25, 0.3) is 0 Å². The van der Waals surface area contributed by atoms with Crippen molar-refractivity contribution in [3.63, 3.8) is 0 Å². The molecule has 0 amide bonds. The second-order valence-corrected chi connectivity index (χ2v) is 2.98. The summed E-state index contributed by atoms with van der Waals surface area (Å²) < 4.78 is 0. The van der Waals surface area contributed by atoms with E-state index in [4.69, 9.17) is 6.57 Å². The van der Waals surface area contributed by atoms with Crippen LogP contribution in [-0.2, 0) is 0 Å². The summed E-state index contributed by atoms with van der Waals surface area (Å²) in [7, 11) is 0. The summed E-state index contributed by atoms with van der Waals surface area (Å²) in [6, 6.07) is 7.84. The molecule has 0 fully saturated rings. The summed E-state index contributed by atoms with van der Waals surface area (Å²) in [6.07, 6.45) is 1.09. The van der Waals surface area contributed by atoms with Crippen LogP contribution >= 0.6 is 0 Å². The van der Waals surface area contributed by atoms with Gasteiger partial charge in [-0.05, 0) is 11.5 Å². The fraction of sp³-hybridized carbons (Fsp3) is 0.364. The van der Waals surface area contributed by atoms with Crippen LogP contribution in [0.4, 0.5) is 5.69 Å². The number of nitrogens with zero attached hydrogens (tertiary/aromatic N) is 1. The summed E-state index contributed by atoms with van der Waals surface area (Å²) in [6.45, 7) is 11.3. The molecule has 62 valence electrons. The first-order valence-corrected chi connectivity index (χ1v) is 4.26. The van der Waals surface area contributed by atoms with Gasteiger partial charge >= 0.3 is 0 Å². The van der Waals surface area contributed by atoms with Crippen LogP contribution in [0.25, 0.3) is 4.85 Å². The summed E-state index contributed by atoms with van der Waals surface area (Å²) in [5, 5.41) is 0. The Balaban J connectivity index is 3.07. The van der Waals surface area contributed by atoms with Gasteiger partial charge in [0.2, 0.25) is 0 Å². The van der Waals surface area contributed by atoms with Gasteiger partial charge in [-0.1, -0.05) is 44.5 Å². The molecule has 0 bridgehead atoms. The maximum Gasteiger partial charge on any atom is 0.190 e. The monoisotopic (exact) mass is 159 g/mol. The van der Waals surface area contributed by atoms with Crippen LogP contribution in [0.15, 0.2) is 24.3 Å². The van der Waals surface area contributed by atoms with E-state index in [9.17, 15) is 0 Å². The Kier molecular flexibility index (Phi) is 2.88. The molecule has 0 heterocycles. The molecule has 0 saturated carbocycles. The van der Waals surface area contributed by atoms with Crippen molar-refractivity contribution in [1.29, 1.82) is 0 Å². The molecule has 0 saturated heterocycles. The predicted octanol–water partition coefficient (Wildman–Crippen LogP) is 3.75. The zero-order valence-electron chi connectivity index (χ0n) is 7.54. The summed E-state index contributed by atoms with van der Waals surface area (Å²) in [5.74, 6) is 0.496. The molecule has 0 spiro atoms. The first kappa shape index (κ1) is 8.80. The Morgan fingerprint density at radius 3 is 2.67 bits per heavy atom. The molecule has 0 N–H and O–H groups in total. The number of rotatable bonds is 2. The third-order valence-corrected chi connectivity index (χ3v) is 2.20. The predicted molar refractivity (Wildman–Crippen MR) is 51.4 cm³/mol. The largest absolute Gasteiger partial charge is 0.238 e. The van der Waals surface area contributed by atoms with Gasteiger partial charge in [0.05, 0.1) is 6.57 Å². The smallest absolute Gasteiger partial charge is 0.190 e. The molecule has 1 aromatic carbocycles. The third-order valence-electron chi connectivity index (χ3n) is 2.20. The summed E-state index contributed by atoms with van der Waals surface area (Å²) >= 11 is 0. The Labute approximate surface area is 73.9 Å². The molecule has 1 heteroatoms. The van der Waals surface area contributed by atoms with Gasteiger partial charge in [0.1, 0.15) is 0 Å². The Morgan fingerprint density at radius 2 is 2.08 bits per heavy atom. The van der Waals surface area contributed by atoms with Gasteiger partial charge < -0.3 is 0 Å². The zero-order valence-corrected chi connectivity index (χ0v) is 7.54. The average Bonchev–Trinajstić information content (AvgIpc) is 2.16. The van der Waals surface area contributed by atoms with E-state index in [1.807, 2.05) is 24.3 Å². The standard InChI is InChI=1S/C11H13N/c1-4-9(2)10-7-5-6-8-11(10)12-3/h5-9H,4H2,1-2H3/t9-/m0/s1. The molecule has 0 aliphatic carbocycles. The van der Waals surface area contributed by atoms with Crippen molar-refractivity contribution in [2.24, 2.45) is 0 Å². The number of hydrogen-bond acceptors (Lipinski definition) is 0. The number of para-hydroxylation sites is 1. The minimum atomic E-state index is 0.496. The van der Waals surface area contributed by atoms with Gasteiger partial charge in [-0.3, -0.25) is 0 Å². The number of hydrogen-bond donors (Lipinski definition) is 0. The van der Waals surface area contributed by atoms with Gasteiger partial charge in [-0.25, -0.2) is 4.85 Å². The molecule has 0 aliphatic heterocycles. The van der Waals surface area contributed by atoms with Crippen LogP contribution in [-0.4, -0.2) is 0 Å². The van der Waals surface area contributed by atoms with E-state index in [-0.39, 0.29) is 0 Å². The Hall–Kier alpha value is -1.29. The fourth-order valence-electron chi connectivity index (χ4n) is 1.23. The first-order chi connectivity index (χ1) is 5.79. The SMILES string of the molecule is [C-]#[N+]c1ccccc1[C@@H](C)CC. The van der Waals surface area contributed by atoms with Crippen molar-refractivity contribution in [2.45, 2.75) is 26.2 Å². The Bertz CT molecular complexity index is 296. The molecule has 1 aromatic rings. The second kappa shape index (κ2) is 3.92. The van der Waals surface area contributed by atoms with Crippen molar-refractivity contribution in [3.8, 4) is 0 Å². The van der Waals surface area contributed by atoms with Crippen molar-refractivity contribution in [2.75, 3.05) is 0 Å². The zero-order chi connectivity index (χ0) is 8.97. The molecule has 0 unspecified atom stereocenters. The lowest BCUT2D eigenvalue weighted by Gasteiger charge is -2.09. The molecule has 1 nitrogen and oxygen atoms in total. The van der Waals surface area contributed by atoms with Crippen molar-refractivity contribution in [1.82, 2.24) is 0 Å². The molecule has 0 aromatic heterocycles. The van der Waals surface area contributed by atoms with Crippen LogP contribution < -0.4 is 0 Å². The van der Waals surface area contributed by atoms with Crippen molar-refractivity contribution >= 4 is 5.69 Å². The lowest BCUT2D eigenvalue weighted by atomic mass is 9.97. The maximum absolute atomic E-state index is 6.98. The van der Waals surface area contributed by atoms with E-state index < -0.39 is 0 Å². The topological polar surface area (TPSA) is 4.36 Å². The van der Waals surface area contributed by atoms with E-state index in [0.717, 1.165) is 12.1 Å².